The van der Waals surface area contributed by atoms with Crippen molar-refractivity contribution in [2.75, 3.05) is 0 Å². The van der Waals surface area contributed by atoms with Crippen molar-refractivity contribution in [2.45, 2.75) is 33.1 Å². The third-order valence-corrected chi connectivity index (χ3v) is 1.66. The number of unbranched alkanes of at least 4 members (excludes halogenated alkanes) is 1. The molecule has 0 aliphatic rings. The SMILES string of the molecule is C[CH]C(C=C(F)F)CCCC. The zero-order valence-electron chi connectivity index (χ0n) is 7.11. The van der Waals surface area contributed by atoms with Crippen LogP contribution in [0.3, 0.4) is 0 Å². The monoisotopic (exact) mass is 161 g/mol. The zero-order chi connectivity index (χ0) is 8.69. The first kappa shape index (κ1) is 10.6. The smallest absolute Gasteiger partial charge is 0.174 e. The molecule has 0 aromatic carbocycles. The Morgan fingerprint density at radius 1 is 1.45 bits per heavy atom. The molecule has 11 heavy (non-hydrogen) atoms. The van der Waals surface area contributed by atoms with E-state index in [0.717, 1.165) is 25.3 Å². The van der Waals surface area contributed by atoms with E-state index in [1.807, 2.05) is 13.3 Å². The summed E-state index contributed by atoms with van der Waals surface area (Å²) in [7, 11) is 0. The maximum absolute atomic E-state index is 11.7. The summed E-state index contributed by atoms with van der Waals surface area (Å²) in [6, 6.07) is 0. The lowest BCUT2D eigenvalue weighted by Gasteiger charge is -2.06. The van der Waals surface area contributed by atoms with E-state index in [1.165, 1.54) is 0 Å². The molecular weight excluding hydrogens is 146 g/mol. The molecule has 0 aliphatic heterocycles. The quantitative estimate of drug-likeness (QED) is 0.575. The minimum atomic E-state index is -1.57. The topological polar surface area (TPSA) is 0 Å². The Labute approximate surface area is 67.3 Å². The van der Waals surface area contributed by atoms with Crippen molar-refractivity contribution >= 4 is 0 Å². The highest BCUT2D eigenvalue weighted by Gasteiger charge is 2.03. The van der Waals surface area contributed by atoms with Crippen LogP contribution < -0.4 is 0 Å². The van der Waals surface area contributed by atoms with Crippen LogP contribution in [0.1, 0.15) is 33.1 Å². The van der Waals surface area contributed by atoms with Crippen molar-refractivity contribution in [3.05, 3.63) is 18.6 Å². The van der Waals surface area contributed by atoms with Gasteiger partial charge in [0.25, 0.3) is 6.08 Å². The highest BCUT2D eigenvalue weighted by atomic mass is 19.3. The Balaban J connectivity index is 3.67. The fourth-order valence-electron chi connectivity index (χ4n) is 0.948. The lowest BCUT2D eigenvalue weighted by Crippen LogP contribution is -1.94. The molecular formula is C9H15F2. The molecule has 0 saturated heterocycles. The number of rotatable bonds is 5. The van der Waals surface area contributed by atoms with E-state index in [-0.39, 0.29) is 5.92 Å². The van der Waals surface area contributed by atoms with Gasteiger partial charge in [-0.05, 0) is 24.8 Å². The summed E-state index contributed by atoms with van der Waals surface area (Å²) in [6.07, 6.45) is 4.18. The minimum absolute atomic E-state index is 0.0417. The number of hydrogen-bond acceptors (Lipinski definition) is 0. The largest absolute Gasteiger partial charge is 0.266 e. The van der Waals surface area contributed by atoms with Crippen LogP contribution in [0, 0.1) is 12.3 Å². The lowest BCUT2D eigenvalue weighted by atomic mass is 10.00. The van der Waals surface area contributed by atoms with E-state index in [9.17, 15) is 8.78 Å². The Morgan fingerprint density at radius 3 is 2.45 bits per heavy atom. The summed E-state index contributed by atoms with van der Waals surface area (Å²) in [6.45, 7) is 3.88. The van der Waals surface area contributed by atoms with Crippen LogP contribution in [0.2, 0.25) is 0 Å². The van der Waals surface area contributed by atoms with Gasteiger partial charge in [-0.15, -0.1) is 0 Å². The van der Waals surface area contributed by atoms with Crippen molar-refractivity contribution in [3.63, 3.8) is 0 Å². The molecule has 1 unspecified atom stereocenters. The standard InChI is InChI=1S/C9H15F2/c1-3-5-6-8(4-2)7-9(10)11/h4,7-8H,3,5-6H2,1-2H3. The molecule has 0 N–H and O–H groups in total. The summed E-state index contributed by atoms with van der Waals surface area (Å²) in [4.78, 5) is 0. The van der Waals surface area contributed by atoms with E-state index >= 15 is 0 Å². The van der Waals surface area contributed by atoms with Gasteiger partial charge in [-0.1, -0.05) is 26.7 Å². The van der Waals surface area contributed by atoms with Crippen LogP contribution in [0.4, 0.5) is 8.78 Å². The molecule has 0 aliphatic carbocycles. The number of hydrogen-bond donors (Lipinski definition) is 0. The Kier molecular flexibility index (Phi) is 6.09. The third kappa shape index (κ3) is 6.02. The van der Waals surface area contributed by atoms with Gasteiger partial charge in [-0.3, -0.25) is 0 Å². The molecule has 0 spiro atoms. The summed E-state index contributed by atoms with van der Waals surface area (Å²) in [5.74, 6) is -0.0417. The summed E-state index contributed by atoms with van der Waals surface area (Å²) < 4.78 is 23.5. The molecule has 0 saturated carbocycles. The molecule has 0 heterocycles. The van der Waals surface area contributed by atoms with Crippen LogP contribution in [-0.4, -0.2) is 0 Å². The number of allylic oxidation sites excluding steroid dienone is 1. The molecule has 0 rings (SSSR count). The van der Waals surface area contributed by atoms with Crippen molar-refractivity contribution in [3.8, 4) is 0 Å². The molecule has 1 atom stereocenters. The van der Waals surface area contributed by atoms with Crippen molar-refractivity contribution in [1.29, 1.82) is 0 Å². The van der Waals surface area contributed by atoms with Gasteiger partial charge in [0, 0.05) is 0 Å². The average molecular weight is 161 g/mol. The van der Waals surface area contributed by atoms with Crippen molar-refractivity contribution in [2.24, 2.45) is 5.92 Å². The molecule has 0 aromatic rings. The van der Waals surface area contributed by atoms with E-state index in [2.05, 4.69) is 6.92 Å². The first-order valence-electron chi connectivity index (χ1n) is 4.03. The van der Waals surface area contributed by atoms with Gasteiger partial charge < -0.3 is 0 Å². The van der Waals surface area contributed by atoms with Crippen LogP contribution in [-0.2, 0) is 0 Å². The first-order valence-corrected chi connectivity index (χ1v) is 4.03. The highest BCUT2D eigenvalue weighted by molar-refractivity contribution is 4.93. The average Bonchev–Trinajstić information content (AvgIpc) is 1.97. The fourth-order valence-corrected chi connectivity index (χ4v) is 0.948. The van der Waals surface area contributed by atoms with E-state index in [0.29, 0.717) is 0 Å². The predicted octanol–water partition coefficient (Wildman–Crippen LogP) is 3.80. The van der Waals surface area contributed by atoms with Gasteiger partial charge in [0.05, 0.1) is 0 Å². The van der Waals surface area contributed by atoms with Gasteiger partial charge in [0.1, 0.15) is 0 Å². The third-order valence-electron chi connectivity index (χ3n) is 1.66. The molecule has 65 valence electrons. The maximum atomic E-state index is 11.7. The van der Waals surface area contributed by atoms with Crippen LogP contribution in [0.15, 0.2) is 12.2 Å². The Hall–Kier alpha value is -0.400. The Bertz CT molecular complexity index is 115. The lowest BCUT2D eigenvalue weighted by molar-refractivity contribution is 0.408. The molecule has 0 amide bonds. The normalized spacial score (nSPS) is 12.7. The molecule has 0 fully saturated rings. The van der Waals surface area contributed by atoms with Crippen molar-refractivity contribution in [1.82, 2.24) is 0 Å². The highest BCUT2D eigenvalue weighted by Crippen LogP contribution is 2.15. The van der Waals surface area contributed by atoms with Gasteiger partial charge >= 0.3 is 0 Å². The van der Waals surface area contributed by atoms with Crippen molar-refractivity contribution < 1.29 is 8.78 Å². The summed E-state index contributed by atoms with van der Waals surface area (Å²) >= 11 is 0. The Morgan fingerprint density at radius 2 is 2.09 bits per heavy atom. The van der Waals surface area contributed by atoms with Crippen LogP contribution in [0.5, 0.6) is 0 Å². The first-order chi connectivity index (χ1) is 5.20. The predicted molar refractivity (Wildman–Crippen MR) is 43.3 cm³/mol. The minimum Gasteiger partial charge on any atom is -0.174 e. The van der Waals surface area contributed by atoms with E-state index in [1.54, 1.807) is 0 Å². The molecule has 2 heteroatoms. The molecule has 1 radical (unpaired) electrons. The summed E-state index contributed by atoms with van der Waals surface area (Å²) in [5, 5.41) is 0. The van der Waals surface area contributed by atoms with Gasteiger partial charge in [-0.2, -0.15) is 8.78 Å². The second kappa shape index (κ2) is 6.32. The van der Waals surface area contributed by atoms with Crippen LogP contribution in [0.25, 0.3) is 0 Å². The molecule has 0 nitrogen and oxygen atoms in total. The van der Waals surface area contributed by atoms with Gasteiger partial charge in [-0.25, -0.2) is 0 Å². The second-order valence-electron chi connectivity index (χ2n) is 2.60. The van der Waals surface area contributed by atoms with E-state index < -0.39 is 6.08 Å². The second-order valence-corrected chi connectivity index (χ2v) is 2.60. The molecule has 0 aromatic heterocycles. The van der Waals surface area contributed by atoms with E-state index in [4.69, 9.17) is 0 Å². The zero-order valence-corrected chi connectivity index (χ0v) is 7.11. The van der Waals surface area contributed by atoms with Gasteiger partial charge in [0.2, 0.25) is 0 Å². The fraction of sp³-hybridized carbons (Fsp3) is 0.667. The maximum Gasteiger partial charge on any atom is 0.266 e. The molecule has 0 bridgehead atoms. The van der Waals surface area contributed by atoms with Gasteiger partial charge in [0.15, 0.2) is 0 Å². The summed E-state index contributed by atoms with van der Waals surface area (Å²) in [5.41, 5.74) is 0. The van der Waals surface area contributed by atoms with Crippen LogP contribution >= 0.6 is 0 Å². The number of halogens is 2.